The molecule has 0 bridgehead atoms. The molecule has 0 saturated carbocycles. The van der Waals surface area contributed by atoms with Gasteiger partial charge in [-0.3, -0.25) is 9.59 Å². The molecule has 0 spiro atoms. The van der Waals surface area contributed by atoms with E-state index >= 15 is 0 Å². The van der Waals surface area contributed by atoms with Crippen molar-refractivity contribution in [3.63, 3.8) is 0 Å². The molecule has 0 unspecified atom stereocenters. The van der Waals surface area contributed by atoms with Crippen LogP contribution in [0.5, 0.6) is 5.75 Å². The van der Waals surface area contributed by atoms with Crippen molar-refractivity contribution >= 4 is 17.5 Å². The maximum atomic E-state index is 12.5. The number of carbonyl (C=O) groups excluding carboxylic acids is 2. The minimum absolute atomic E-state index is 0.00755. The van der Waals surface area contributed by atoms with Crippen LogP contribution in [-0.4, -0.2) is 28.9 Å². The molecule has 1 aromatic heterocycles. The Morgan fingerprint density at radius 1 is 0.920 bits per heavy atom. The predicted molar refractivity (Wildman–Crippen MR) is 97.0 cm³/mol. The Morgan fingerprint density at radius 3 is 2.20 bits per heavy atom. The van der Waals surface area contributed by atoms with Crippen LogP contribution < -0.4 is 15.4 Å². The number of pyridine rings is 1. The largest absolute Gasteiger partial charge is 0.489 e. The van der Waals surface area contributed by atoms with E-state index in [1.165, 1.54) is 0 Å². The molecule has 0 saturated heterocycles. The first kappa shape index (κ1) is 18.4. The number of benzene rings is 1. The van der Waals surface area contributed by atoms with Gasteiger partial charge in [0.25, 0.3) is 11.8 Å². The smallest absolute Gasteiger partial charge is 0.274 e. The van der Waals surface area contributed by atoms with Gasteiger partial charge in [0.1, 0.15) is 17.1 Å². The van der Waals surface area contributed by atoms with Gasteiger partial charge in [0.2, 0.25) is 0 Å². The van der Waals surface area contributed by atoms with E-state index in [4.69, 9.17) is 4.74 Å². The maximum absolute atomic E-state index is 12.5. The predicted octanol–water partition coefficient (Wildman–Crippen LogP) is 3.26. The summed E-state index contributed by atoms with van der Waals surface area (Å²) in [5.41, 5.74) is 0.920. The maximum Gasteiger partial charge on any atom is 0.274 e. The van der Waals surface area contributed by atoms with Gasteiger partial charge in [0, 0.05) is 6.04 Å². The molecule has 6 heteroatoms. The quantitative estimate of drug-likeness (QED) is 0.845. The number of anilines is 1. The highest BCUT2D eigenvalue weighted by atomic mass is 16.5. The van der Waals surface area contributed by atoms with E-state index in [1.807, 2.05) is 39.8 Å². The molecule has 25 heavy (non-hydrogen) atoms. The Kier molecular flexibility index (Phi) is 6.11. The van der Waals surface area contributed by atoms with Crippen LogP contribution in [-0.2, 0) is 0 Å². The molecule has 132 valence electrons. The van der Waals surface area contributed by atoms with Crippen LogP contribution in [0.1, 0.15) is 48.7 Å². The Bertz CT molecular complexity index is 757. The van der Waals surface area contributed by atoms with Gasteiger partial charge in [-0.05, 0) is 52.0 Å². The summed E-state index contributed by atoms with van der Waals surface area (Å²) >= 11 is 0. The van der Waals surface area contributed by atoms with Crippen molar-refractivity contribution in [2.75, 3.05) is 5.32 Å². The van der Waals surface area contributed by atoms with E-state index < -0.39 is 5.91 Å². The van der Waals surface area contributed by atoms with Gasteiger partial charge in [-0.15, -0.1) is 0 Å². The van der Waals surface area contributed by atoms with Gasteiger partial charge >= 0.3 is 0 Å². The topological polar surface area (TPSA) is 80.3 Å². The first-order chi connectivity index (χ1) is 11.9. The number of hydrogen-bond acceptors (Lipinski definition) is 4. The van der Waals surface area contributed by atoms with Crippen LogP contribution in [0.25, 0.3) is 0 Å². The number of carbonyl (C=O) groups is 2. The molecular formula is C19H23N3O3. The first-order valence-corrected chi connectivity index (χ1v) is 8.21. The summed E-state index contributed by atoms with van der Waals surface area (Å²) in [4.78, 5) is 28.7. The van der Waals surface area contributed by atoms with E-state index in [0.717, 1.165) is 0 Å². The van der Waals surface area contributed by atoms with Gasteiger partial charge in [0.15, 0.2) is 0 Å². The van der Waals surface area contributed by atoms with Crippen molar-refractivity contribution in [3.05, 3.63) is 53.9 Å². The van der Waals surface area contributed by atoms with E-state index in [2.05, 4.69) is 15.6 Å². The van der Waals surface area contributed by atoms with Crippen LogP contribution in [0.4, 0.5) is 5.69 Å². The summed E-state index contributed by atoms with van der Waals surface area (Å²) in [5, 5.41) is 5.53. The molecule has 2 rings (SSSR count). The van der Waals surface area contributed by atoms with Crippen LogP contribution in [0, 0.1) is 0 Å². The van der Waals surface area contributed by atoms with Gasteiger partial charge in [-0.1, -0.05) is 18.2 Å². The van der Waals surface area contributed by atoms with E-state index in [0.29, 0.717) is 11.4 Å². The van der Waals surface area contributed by atoms with E-state index in [9.17, 15) is 9.59 Å². The molecule has 6 nitrogen and oxygen atoms in total. The summed E-state index contributed by atoms with van der Waals surface area (Å²) in [6, 6.07) is 11.9. The lowest BCUT2D eigenvalue weighted by atomic mass is 10.2. The zero-order valence-electron chi connectivity index (χ0n) is 14.9. The Morgan fingerprint density at radius 2 is 1.56 bits per heavy atom. The lowest BCUT2D eigenvalue weighted by Gasteiger charge is -2.14. The van der Waals surface area contributed by atoms with Gasteiger partial charge in [0.05, 0.1) is 11.8 Å². The normalized spacial score (nSPS) is 10.6. The number of aromatic nitrogens is 1. The average Bonchev–Trinajstić information content (AvgIpc) is 2.55. The highest BCUT2D eigenvalue weighted by Gasteiger charge is 2.15. The number of hydrogen-bond donors (Lipinski definition) is 2. The van der Waals surface area contributed by atoms with Crippen molar-refractivity contribution in [2.24, 2.45) is 0 Å². The number of nitrogens with zero attached hydrogens (tertiary/aromatic N) is 1. The molecule has 0 fully saturated rings. The minimum Gasteiger partial charge on any atom is -0.489 e. The number of ether oxygens (including phenoxy) is 1. The third-order valence-corrected chi connectivity index (χ3v) is 3.13. The SMILES string of the molecule is CC(C)NC(=O)c1cccc(C(=O)Nc2ccccc2OC(C)C)n1. The van der Waals surface area contributed by atoms with Gasteiger partial charge < -0.3 is 15.4 Å². The lowest BCUT2D eigenvalue weighted by Crippen LogP contribution is -2.31. The first-order valence-electron chi connectivity index (χ1n) is 8.21. The summed E-state index contributed by atoms with van der Waals surface area (Å²) in [7, 11) is 0. The molecule has 0 aliphatic rings. The third kappa shape index (κ3) is 5.31. The molecular weight excluding hydrogens is 318 g/mol. The highest BCUT2D eigenvalue weighted by Crippen LogP contribution is 2.25. The molecule has 2 aromatic rings. The summed E-state index contributed by atoms with van der Waals surface area (Å²) in [5.74, 6) is -0.133. The third-order valence-electron chi connectivity index (χ3n) is 3.13. The van der Waals surface area contributed by atoms with Crippen LogP contribution in [0.15, 0.2) is 42.5 Å². The number of nitrogens with one attached hydrogen (secondary N) is 2. The molecule has 0 atom stereocenters. The molecule has 2 N–H and O–H groups in total. The fourth-order valence-electron chi connectivity index (χ4n) is 2.14. The van der Waals surface area contributed by atoms with Gasteiger partial charge in [-0.2, -0.15) is 0 Å². The molecule has 0 aliphatic heterocycles. The van der Waals surface area contributed by atoms with Crippen molar-refractivity contribution in [1.29, 1.82) is 0 Å². The molecule has 0 radical (unpaired) electrons. The lowest BCUT2D eigenvalue weighted by molar-refractivity contribution is 0.0938. The standard InChI is InChI=1S/C19H23N3O3/c1-12(2)20-18(23)15-9-7-10-16(21-15)19(24)22-14-8-5-6-11-17(14)25-13(3)4/h5-13H,1-4H3,(H,20,23)(H,22,24). The van der Waals surface area contributed by atoms with Crippen molar-refractivity contribution in [1.82, 2.24) is 10.3 Å². The number of para-hydroxylation sites is 2. The molecule has 1 heterocycles. The van der Waals surface area contributed by atoms with E-state index in [-0.39, 0.29) is 29.4 Å². The van der Waals surface area contributed by atoms with Crippen molar-refractivity contribution < 1.29 is 14.3 Å². The number of rotatable bonds is 6. The molecule has 2 amide bonds. The Hall–Kier alpha value is -2.89. The van der Waals surface area contributed by atoms with Crippen molar-refractivity contribution in [3.8, 4) is 5.75 Å². The molecule has 0 aliphatic carbocycles. The van der Waals surface area contributed by atoms with Crippen LogP contribution in [0.3, 0.4) is 0 Å². The van der Waals surface area contributed by atoms with Gasteiger partial charge in [-0.25, -0.2) is 4.98 Å². The summed E-state index contributed by atoms with van der Waals surface area (Å²) in [6.45, 7) is 7.55. The Labute approximate surface area is 147 Å². The minimum atomic E-state index is -0.404. The van der Waals surface area contributed by atoms with Crippen LogP contribution in [0.2, 0.25) is 0 Å². The fraction of sp³-hybridized carbons (Fsp3) is 0.316. The molecule has 1 aromatic carbocycles. The second kappa shape index (κ2) is 8.28. The van der Waals surface area contributed by atoms with Crippen molar-refractivity contribution in [2.45, 2.75) is 39.8 Å². The zero-order valence-corrected chi connectivity index (χ0v) is 14.9. The highest BCUT2D eigenvalue weighted by molar-refractivity contribution is 6.04. The average molecular weight is 341 g/mol. The monoisotopic (exact) mass is 341 g/mol. The second-order valence-electron chi connectivity index (χ2n) is 6.15. The summed E-state index contributed by atoms with van der Waals surface area (Å²) < 4.78 is 5.69. The summed E-state index contributed by atoms with van der Waals surface area (Å²) in [6.07, 6.45) is -0.0146. The fourth-order valence-corrected chi connectivity index (χ4v) is 2.14. The zero-order chi connectivity index (χ0) is 18.4. The van der Waals surface area contributed by atoms with E-state index in [1.54, 1.807) is 30.3 Å². The Balaban J connectivity index is 2.18. The number of amides is 2. The van der Waals surface area contributed by atoms with Crippen LogP contribution >= 0.6 is 0 Å². The second-order valence-corrected chi connectivity index (χ2v) is 6.15.